The molecule has 0 aliphatic heterocycles. The minimum Gasteiger partial charge on any atom is -0.258 e. The first-order valence-electron chi connectivity index (χ1n) is 8.22. The van der Waals surface area contributed by atoms with E-state index in [-0.39, 0.29) is 10.6 Å². The molecule has 0 fully saturated rings. The minimum atomic E-state index is -0.239. The molecule has 0 aromatic heterocycles. The third-order valence-electron chi connectivity index (χ3n) is 3.92. The van der Waals surface area contributed by atoms with Crippen molar-refractivity contribution in [1.29, 1.82) is 0 Å². The lowest BCUT2D eigenvalue weighted by molar-refractivity contribution is -0.374. The molecule has 0 N–H and O–H groups in total. The summed E-state index contributed by atoms with van der Waals surface area (Å²) in [6.45, 7) is 2.17. The summed E-state index contributed by atoms with van der Waals surface area (Å²) < 4.78 is 0. The summed E-state index contributed by atoms with van der Waals surface area (Å²) >= 11 is 0. The Morgan fingerprint density at radius 2 is 1.43 bits per heavy atom. The van der Waals surface area contributed by atoms with E-state index in [4.69, 9.17) is 0 Å². The van der Waals surface area contributed by atoms with Crippen LogP contribution in [0, 0.1) is 10.1 Å². The molecular formula is C20H23NO2. The molecule has 0 bridgehead atoms. The number of nitrogens with zero attached hydrogens (tertiary/aromatic N) is 1. The fraction of sp³-hybridized carbons (Fsp3) is 0.300. The second-order valence-electron chi connectivity index (χ2n) is 5.63. The van der Waals surface area contributed by atoms with Gasteiger partial charge in [-0.05, 0) is 30.5 Å². The molecule has 0 atom stereocenters. The molecule has 3 nitrogen and oxygen atoms in total. The van der Waals surface area contributed by atoms with Gasteiger partial charge in [-0.1, -0.05) is 74.7 Å². The molecule has 120 valence electrons. The van der Waals surface area contributed by atoms with Gasteiger partial charge < -0.3 is 0 Å². The SMILES string of the molecule is CCCCCC/C(=C(\c1ccccc1)[N+](=O)[O-])c1ccccc1. The van der Waals surface area contributed by atoms with E-state index in [0.29, 0.717) is 5.56 Å². The van der Waals surface area contributed by atoms with E-state index >= 15 is 0 Å². The van der Waals surface area contributed by atoms with Crippen LogP contribution in [0.2, 0.25) is 0 Å². The zero-order valence-corrected chi connectivity index (χ0v) is 13.6. The van der Waals surface area contributed by atoms with Crippen molar-refractivity contribution in [2.45, 2.75) is 39.0 Å². The molecule has 23 heavy (non-hydrogen) atoms. The van der Waals surface area contributed by atoms with Crippen LogP contribution in [-0.4, -0.2) is 4.92 Å². The van der Waals surface area contributed by atoms with Crippen LogP contribution in [0.1, 0.15) is 50.2 Å². The Balaban J connectivity index is 2.45. The number of nitro groups is 1. The van der Waals surface area contributed by atoms with Gasteiger partial charge in [0.2, 0.25) is 0 Å². The first kappa shape index (κ1) is 16.9. The molecule has 0 heterocycles. The van der Waals surface area contributed by atoms with Crippen LogP contribution in [-0.2, 0) is 0 Å². The summed E-state index contributed by atoms with van der Waals surface area (Å²) in [4.78, 5) is 11.5. The lowest BCUT2D eigenvalue weighted by Gasteiger charge is -2.10. The van der Waals surface area contributed by atoms with Crippen LogP contribution in [0.3, 0.4) is 0 Å². The third-order valence-corrected chi connectivity index (χ3v) is 3.92. The molecule has 2 rings (SSSR count). The van der Waals surface area contributed by atoms with E-state index in [1.165, 1.54) is 6.42 Å². The topological polar surface area (TPSA) is 43.1 Å². The van der Waals surface area contributed by atoms with E-state index in [1.54, 1.807) is 0 Å². The fourth-order valence-electron chi connectivity index (χ4n) is 2.75. The van der Waals surface area contributed by atoms with Crippen molar-refractivity contribution in [1.82, 2.24) is 0 Å². The second-order valence-corrected chi connectivity index (χ2v) is 5.63. The highest BCUT2D eigenvalue weighted by Crippen LogP contribution is 2.31. The van der Waals surface area contributed by atoms with Gasteiger partial charge in [-0.15, -0.1) is 0 Å². The van der Waals surface area contributed by atoms with Gasteiger partial charge in [-0.3, -0.25) is 10.1 Å². The van der Waals surface area contributed by atoms with E-state index in [1.807, 2.05) is 60.7 Å². The molecule has 0 spiro atoms. The molecule has 0 saturated heterocycles. The maximum absolute atomic E-state index is 11.8. The zero-order chi connectivity index (χ0) is 16.5. The average molecular weight is 309 g/mol. The molecule has 0 saturated carbocycles. The number of benzene rings is 2. The summed E-state index contributed by atoms with van der Waals surface area (Å²) in [6, 6.07) is 18.9. The van der Waals surface area contributed by atoms with E-state index in [0.717, 1.165) is 36.8 Å². The Labute approximate surface area is 137 Å². The molecule has 0 unspecified atom stereocenters. The second kappa shape index (κ2) is 8.89. The summed E-state index contributed by atoms with van der Waals surface area (Å²) in [5.74, 6) is 0. The number of allylic oxidation sites excluding steroid dienone is 1. The molecule has 2 aromatic carbocycles. The Morgan fingerprint density at radius 3 is 1.96 bits per heavy atom. The van der Waals surface area contributed by atoms with Gasteiger partial charge in [0, 0.05) is 5.57 Å². The van der Waals surface area contributed by atoms with Crippen molar-refractivity contribution in [2.24, 2.45) is 0 Å². The van der Waals surface area contributed by atoms with Gasteiger partial charge in [-0.25, -0.2) is 0 Å². The Kier molecular flexibility index (Phi) is 6.55. The fourth-order valence-corrected chi connectivity index (χ4v) is 2.75. The summed E-state index contributed by atoms with van der Waals surface area (Å²) in [5, 5.41) is 11.8. The third kappa shape index (κ3) is 4.78. The maximum Gasteiger partial charge on any atom is 0.280 e. The lowest BCUT2D eigenvalue weighted by atomic mass is 9.94. The van der Waals surface area contributed by atoms with Gasteiger partial charge in [0.1, 0.15) is 0 Å². The standard InChI is InChI=1S/C20H23NO2/c1-2-3-4-11-16-19(17-12-7-5-8-13-17)20(21(22)23)18-14-9-6-10-15-18/h5-10,12-15H,2-4,11,16H2,1H3/b20-19-. The quantitative estimate of drug-likeness (QED) is 0.267. The molecule has 0 radical (unpaired) electrons. The Bertz CT molecular complexity index is 648. The first-order chi connectivity index (χ1) is 11.2. The van der Waals surface area contributed by atoms with Crippen LogP contribution in [0.15, 0.2) is 60.7 Å². The van der Waals surface area contributed by atoms with Gasteiger partial charge in [0.05, 0.1) is 10.5 Å². The number of rotatable bonds is 8. The van der Waals surface area contributed by atoms with Crippen LogP contribution in [0.25, 0.3) is 11.3 Å². The van der Waals surface area contributed by atoms with Crippen molar-refractivity contribution in [3.05, 3.63) is 81.9 Å². The largest absolute Gasteiger partial charge is 0.280 e. The minimum absolute atomic E-state index is 0.230. The van der Waals surface area contributed by atoms with Gasteiger partial charge in [-0.2, -0.15) is 0 Å². The molecule has 0 aliphatic rings. The van der Waals surface area contributed by atoms with Gasteiger partial charge in [0.25, 0.3) is 5.70 Å². The number of hydrogen-bond acceptors (Lipinski definition) is 2. The van der Waals surface area contributed by atoms with Crippen molar-refractivity contribution in [3.8, 4) is 0 Å². The van der Waals surface area contributed by atoms with E-state index in [2.05, 4.69) is 6.92 Å². The Morgan fingerprint density at radius 1 is 0.870 bits per heavy atom. The maximum atomic E-state index is 11.8. The van der Waals surface area contributed by atoms with Crippen LogP contribution in [0.5, 0.6) is 0 Å². The van der Waals surface area contributed by atoms with Crippen molar-refractivity contribution in [2.75, 3.05) is 0 Å². The predicted octanol–water partition coefficient (Wildman–Crippen LogP) is 5.80. The molecule has 0 aliphatic carbocycles. The normalized spacial score (nSPS) is 11.9. The smallest absolute Gasteiger partial charge is 0.258 e. The summed E-state index contributed by atoms with van der Waals surface area (Å²) in [6.07, 6.45) is 5.14. The molecule has 0 amide bonds. The van der Waals surface area contributed by atoms with E-state index in [9.17, 15) is 10.1 Å². The molecule has 3 heteroatoms. The van der Waals surface area contributed by atoms with Crippen molar-refractivity contribution < 1.29 is 4.92 Å². The van der Waals surface area contributed by atoms with Crippen LogP contribution >= 0.6 is 0 Å². The zero-order valence-electron chi connectivity index (χ0n) is 13.6. The van der Waals surface area contributed by atoms with Gasteiger partial charge >= 0.3 is 0 Å². The molecular weight excluding hydrogens is 286 g/mol. The van der Waals surface area contributed by atoms with E-state index < -0.39 is 0 Å². The summed E-state index contributed by atoms with van der Waals surface area (Å²) in [5.41, 5.74) is 2.68. The monoisotopic (exact) mass is 309 g/mol. The van der Waals surface area contributed by atoms with Gasteiger partial charge in [0.15, 0.2) is 0 Å². The van der Waals surface area contributed by atoms with Crippen LogP contribution < -0.4 is 0 Å². The first-order valence-corrected chi connectivity index (χ1v) is 8.22. The predicted molar refractivity (Wildman–Crippen MR) is 95.5 cm³/mol. The van der Waals surface area contributed by atoms with Crippen molar-refractivity contribution in [3.63, 3.8) is 0 Å². The lowest BCUT2D eigenvalue weighted by Crippen LogP contribution is -2.03. The van der Waals surface area contributed by atoms with Crippen molar-refractivity contribution >= 4 is 11.3 Å². The Hall–Kier alpha value is -2.42. The highest BCUT2D eigenvalue weighted by Gasteiger charge is 2.21. The average Bonchev–Trinajstić information content (AvgIpc) is 2.59. The highest BCUT2D eigenvalue weighted by atomic mass is 16.6. The summed E-state index contributed by atoms with van der Waals surface area (Å²) in [7, 11) is 0. The molecule has 2 aromatic rings. The number of hydrogen-bond donors (Lipinski definition) is 0. The van der Waals surface area contributed by atoms with Crippen LogP contribution in [0.4, 0.5) is 0 Å². The highest BCUT2D eigenvalue weighted by molar-refractivity contribution is 5.86. The number of unbranched alkanes of at least 4 members (excludes halogenated alkanes) is 3.